The fraction of sp³-hybridized carbons (Fsp3) is 0. The monoisotopic (exact) mass is 228 g/mol. The van der Waals surface area contributed by atoms with Gasteiger partial charge in [0, 0.05) is 17.1 Å². The first-order valence-electron chi connectivity index (χ1n) is 4.78. The normalized spacial score (nSPS) is 10.8. The van der Waals surface area contributed by atoms with Crippen molar-refractivity contribution in [2.75, 3.05) is 5.73 Å². The quantitative estimate of drug-likeness (QED) is 0.694. The highest BCUT2D eigenvalue weighted by Gasteiger charge is 2.08. The van der Waals surface area contributed by atoms with E-state index in [0.29, 0.717) is 11.5 Å². The summed E-state index contributed by atoms with van der Waals surface area (Å²) < 4.78 is 8.11. The van der Waals surface area contributed by atoms with Crippen molar-refractivity contribution in [3.05, 3.63) is 36.5 Å². The van der Waals surface area contributed by atoms with Gasteiger partial charge < -0.3 is 5.73 Å². The van der Waals surface area contributed by atoms with E-state index in [9.17, 15) is 0 Å². The van der Waals surface area contributed by atoms with Crippen LogP contribution in [0.1, 0.15) is 0 Å². The first kappa shape index (κ1) is 9.23. The topological polar surface area (TPSA) is 64.7 Å². The molecule has 0 aliphatic rings. The molecule has 0 radical (unpaired) electrons. The third-order valence-electron chi connectivity index (χ3n) is 2.38. The van der Waals surface area contributed by atoms with Gasteiger partial charge in [0.25, 0.3) is 0 Å². The van der Waals surface area contributed by atoms with E-state index in [1.807, 2.05) is 30.3 Å². The van der Waals surface area contributed by atoms with Crippen LogP contribution >= 0.6 is 11.7 Å². The molecule has 2 N–H and O–H groups in total. The van der Waals surface area contributed by atoms with Crippen molar-refractivity contribution < 1.29 is 0 Å². The molecular weight excluding hydrogens is 220 g/mol. The zero-order valence-corrected chi connectivity index (χ0v) is 9.11. The van der Waals surface area contributed by atoms with Gasteiger partial charge in [-0.15, -0.1) is 0 Å². The molecular formula is C11H8N4S. The van der Waals surface area contributed by atoms with Crippen molar-refractivity contribution in [3.8, 4) is 11.3 Å². The van der Waals surface area contributed by atoms with Gasteiger partial charge >= 0.3 is 0 Å². The standard InChI is InChI=1S/C11H8N4S/c12-11-10(14-16-15-11)8-5-7-3-1-2-4-9(7)13-6-8/h1-6H,(H2,12,15). The minimum atomic E-state index is 0.460. The summed E-state index contributed by atoms with van der Waals surface area (Å²) >= 11 is 1.11. The lowest BCUT2D eigenvalue weighted by atomic mass is 10.1. The van der Waals surface area contributed by atoms with E-state index in [2.05, 4.69) is 13.7 Å². The van der Waals surface area contributed by atoms with Crippen molar-refractivity contribution in [1.29, 1.82) is 0 Å². The van der Waals surface area contributed by atoms with E-state index in [1.165, 1.54) is 0 Å². The zero-order valence-electron chi connectivity index (χ0n) is 8.29. The van der Waals surface area contributed by atoms with E-state index in [1.54, 1.807) is 6.20 Å². The maximum atomic E-state index is 5.73. The van der Waals surface area contributed by atoms with E-state index in [-0.39, 0.29) is 0 Å². The van der Waals surface area contributed by atoms with Gasteiger partial charge in [0.1, 0.15) is 5.69 Å². The third kappa shape index (κ3) is 1.42. The third-order valence-corrected chi connectivity index (χ3v) is 2.92. The molecule has 0 saturated heterocycles. The fourth-order valence-corrected chi connectivity index (χ4v) is 2.09. The Morgan fingerprint density at radius 3 is 2.81 bits per heavy atom. The molecule has 0 aliphatic heterocycles. The molecule has 0 atom stereocenters. The number of para-hydroxylation sites is 1. The smallest absolute Gasteiger partial charge is 0.165 e. The number of hydrogen-bond acceptors (Lipinski definition) is 5. The second kappa shape index (κ2) is 3.53. The van der Waals surface area contributed by atoms with E-state index in [4.69, 9.17) is 5.73 Å². The molecule has 2 aromatic heterocycles. The first-order chi connectivity index (χ1) is 7.84. The van der Waals surface area contributed by atoms with Crippen LogP contribution < -0.4 is 5.73 Å². The lowest BCUT2D eigenvalue weighted by Gasteiger charge is -2.00. The largest absolute Gasteiger partial charge is 0.381 e. The van der Waals surface area contributed by atoms with Gasteiger partial charge in [0.2, 0.25) is 0 Å². The number of nitrogens with zero attached hydrogens (tertiary/aromatic N) is 3. The van der Waals surface area contributed by atoms with Gasteiger partial charge in [-0.05, 0) is 12.1 Å². The number of anilines is 1. The summed E-state index contributed by atoms with van der Waals surface area (Å²) in [6, 6.07) is 9.96. The molecule has 4 nitrogen and oxygen atoms in total. The minimum absolute atomic E-state index is 0.460. The Kier molecular flexibility index (Phi) is 2.04. The van der Waals surface area contributed by atoms with Gasteiger partial charge in [-0.2, -0.15) is 8.75 Å². The number of fused-ring (bicyclic) bond motifs is 1. The van der Waals surface area contributed by atoms with Gasteiger partial charge in [-0.3, -0.25) is 4.98 Å². The fourth-order valence-electron chi connectivity index (χ4n) is 1.60. The summed E-state index contributed by atoms with van der Waals surface area (Å²) in [5.41, 5.74) is 8.31. The summed E-state index contributed by atoms with van der Waals surface area (Å²) in [4.78, 5) is 4.36. The highest BCUT2D eigenvalue weighted by Crippen LogP contribution is 2.25. The zero-order chi connectivity index (χ0) is 11.0. The van der Waals surface area contributed by atoms with Crippen LogP contribution in [0.3, 0.4) is 0 Å². The van der Waals surface area contributed by atoms with Crippen LogP contribution in [0, 0.1) is 0 Å². The van der Waals surface area contributed by atoms with Crippen molar-refractivity contribution in [1.82, 2.24) is 13.7 Å². The summed E-state index contributed by atoms with van der Waals surface area (Å²) in [5.74, 6) is 0.460. The first-order valence-corrected chi connectivity index (χ1v) is 5.51. The Morgan fingerprint density at radius 1 is 1.12 bits per heavy atom. The molecule has 2 heterocycles. The van der Waals surface area contributed by atoms with Gasteiger partial charge in [0.15, 0.2) is 5.82 Å². The summed E-state index contributed by atoms with van der Waals surface area (Å²) in [6.07, 6.45) is 1.77. The van der Waals surface area contributed by atoms with Crippen LogP contribution in [0.25, 0.3) is 22.2 Å². The molecule has 3 aromatic rings. The van der Waals surface area contributed by atoms with Crippen LogP contribution in [0.15, 0.2) is 36.5 Å². The summed E-state index contributed by atoms with van der Waals surface area (Å²) in [7, 11) is 0. The van der Waals surface area contributed by atoms with Crippen LogP contribution in [0.5, 0.6) is 0 Å². The SMILES string of the molecule is Nc1nsnc1-c1cnc2ccccc2c1. The number of benzene rings is 1. The molecule has 1 aromatic carbocycles. The maximum Gasteiger partial charge on any atom is 0.165 e. The maximum absolute atomic E-state index is 5.73. The lowest BCUT2D eigenvalue weighted by Crippen LogP contribution is -1.89. The Bertz CT molecular complexity index is 647. The molecule has 0 aliphatic carbocycles. The molecule has 78 valence electrons. The second-order valence-electron chi connectivity index (χ2n) is 3.41. The van der Waals surface area contributed by atoms with Crippen molar-refractivity contribution in [2.45, 2.75) is 0 Å². The van der Waals surface area contributed by atoms with E-state index < -0.39 is 0 Å². The van der Waals surface area contributed by atoms with Crippen LogP contribution in [0.4, 0.5) is 5.82 Å². The van der Waals surface area contributed by atoms with E-state index in [0.717, 1.165) is 28.2 Å². The predicted molar refractivity (Wildman–Crippen MR) is 65.1 cm³/mol. The van der Waals surface area contributed by atoms with E-state index >= 15 is 0 Å². The molecule has 0 amide bonds. The molecule has 16 heavy (non-hydrogen) atoms. The number of rotatable bonds is 1. The number of hydrogen-bond donors (Lipinski definition) is 1. The van der Waals surface area contributed by atoms with Gasteiger partial charge in [-0.1, -0.05) is 18.2 Å². The molecule has 5 heteroatoms. The number of pyridine rings is 1. The van der Waals surface area contributed by atoms with Crippen molar-refractivity contribution in [3.63, 3.8) is 0 Å². The average molecular weight is 228 g/mol. The van der Waals surface area contributed by atoms with Crippen LogP contribution in [-0.4, -0.2) is 13.7 Å². The minimum Gasteiger partial charge on any atom is -0.381 e. The Balaban J connectivity index is 2.23. The van der Waals surface area contributed by atoms with Crippen molar-refractivity contribution >= 4 is 28.4 Å². The molecule has 0 spiro atoms. The summed E-state index contributed by atoms with van der Waals surface area (Å²) in [6.45, 7) is 0. The Hall–Kier alpha value is -2.01. The molecule has 3 rings (SSSR count). The number of nitrogens with two attached hydrogens (primary N) is 1. The Labute approximate surface area is 96.1 Å². The average Bonchev–Trinajstić information content (AvgIpc) is 2.75. The second-order valence-corrected chi connectivity index (χ2v) is 3.94. The predicted octanol–water partition coefficient (Wildman–Crippen LogP) is 2.34. The molecule has 0 fully saturated rings. The lowest BCUT2D eigenvalue weighted by molar-refractivity contribution is 1.39. The number of nitrogen functional groups attached to an aromatic ring is 1. The summed E-state index contributed by atoms with van der Waals surface area (Å²) in [5, 5.41) is 1.08. The van der Waals surface area contributed by atoms with Crippen LogP contribution in [0.2, 0.25) is 0 Å². The highest BCUT2D eigenvalue weighted by atomic mass is 32.1. The Morgan fingerprint density at radius 2 is 2.00 bits per heavy atom. The van der Waals surface area contributed by atoms with Crippen molar-refractivity contribution in [2.24, 2.45) is 0 Å². The molecule has 0 bridgehead atoms. The molecule has 0 saturated carbocycles. The van der Waals surface area contributed by atoms with Crippen LogP contribution in [-0.2, 0) is 0 Å². The van der Waals surface area contributed by atoms with Gasteiger partial charge in [-0.25, -0.2) is 0 Å². The molecule has 0 unspecified atom stereocenters. The van der Waals surface area contributed by atoms with Gasteiger partial charge in [0.05, 0.1) is 17.2 Å². The highest BCUT2D eigenvalue weighted by molar-refractivity contribution is 6.99. The number of aromatic nitrogens is 3.